The molecule has 1 N–H and O–H groups in total. The van der Waals surface area contributed by atoms with Crippen molar-refractivity contribution in [1.82, 2.24) is 5.32 Å². The maximum atomic E-state index is 4.08. The molecule has 0 saturated heterocycles. The smallest absolute Gasteiger partial charge is 0.00104 e. The SMILES string of the molecule is C=C(C)CCC1CC(CCC)CCC1CNC(C)C. The predicted octanol–water partition coefficient (Wildman–Crippen LogP) is 5.17. The van der Waals surface area contributed by atoms with Crippen molar-refractivity contribution in [3.8, 4) is 0 Å². The summed E-state index contributed by atoms with van der Waals surface area (Å²) in [4.78, 5) is 0. The first-order valence-corrected chi connectivity index (χ1v) is 8.40. The Balaban J connectivity index is 2.48. The van der Waals surface area contributed by atoms with Gasteiger partial charge in [-0.2, -0.15) is 0 Å². The van der Waals surface area contributed by atoms with Gasteiger partial charge in [-0.3, -0.25) is 0 Å². The van der Waals surface area contributed by atoms with E-state index in [0.29, 0.717) is 6.04 Å². The van der Waals surface area contributed by atoms with E-state index in [0.717, 1.165) is 17.8 Å². The van der Waals surface area contributed by atoms with Gasteiger partial charge < -0.3 is 5.32 Å². The van der Waals surface area contributed by atoms with E-state index in [9.17, 15) is 0 Å². The van der Waals surface area contributed by atoms with Crippen molar-refractivity contribution in [2.24, 2.45) is 17.8 Å². The first-order chi connectivity index (χ1) is 9.02. The fraction of sp³-hybridized carbons (Fsp3) is 0.889. The molecule has 0 aliphatic heterocycles. The summed E-state index contributed by atoms with van der Waals surface area (Å²) in [6.45, 7) is 14.3. The Labute approximate surface area is 121 Å². The van der Waals surface area contributed by atoms with Crippen LogP contribution in [0.25, 0.3) is 0 Å². The molecular weight excluding hydrogens is 230 g/mol. The third-order valence-corrected chi connectivity index (χ3v) is 4.68. The van der Waals surface area contributed by atoms with Gasteiger partial charge in [0.25, 0.3) is 0 Å². The summed E-state index contributed by atoms with van der Waals surface area (Å²) >= 11 is 0. The summed E-state index contributed by atoms with van der Waals surface area (Å²) in [6, 6.07) is 0.621. The quantitative estimate of drug-likeness (QED) is 0.597. The molecular formula is C18H35N. The fourth-order valence-corrected chi connectivity index (χ4v) is 3.54. The second kappa shape index (κ2) is 8.79. The zero-order valence-electron chi connectivity index (χ0n) is 13.7. The van der Waals surface area contributed by atoms with Crippen LogP contribution in [-0.4, -0.2) is 12.6 Å². The lowest BCUT2D eigenvalue weighted by Crippen LogP contribution is -2.36. The molecule has 1 fully saturated rings. The highest BCUT2D eigenvalue weighted by Crippen LogP contribution is 2.38. The van der Waals surface area contributed by atoms with Crippen LogP contribution in [-0.2, 0) is 0 Å². The molecule has 0 radical (unpaired) electrons. The van der Waals surface area contributed by atoms with Crippen LogP contribution in [0.15, 0.2) is 12.2 Å². The number of hydrogen-bond acceptors (Lipinski definition) is 1. The zero-order valence-corrected chi connectivity index (χ0v) is 13.7. The van der Waals surface area contributed by atoms with E-state index in [1.54, 1.807) is 0 Å². The minimum absolute atomic E-state index is 0.621. The minimum Gasteiger partial charge on any atom is -0.314 e. The Morgan fingerprint density at radius 1 is 1.21 bits per heavy atom. The lowest BCUT2D eigenvalue weighted by atomic mass is 9.70. The van der Waals surface area contributed by atoms with E-state index in [4.69, 9.17) is 0 Å². The Kier molecular flexibility index (Phi) is 7.75. The topological polar surface area (TPSA) is 12.0 Å². The predicted molar refractivity (Wildman–Crippen MR) is 86.4 cm³/mol. The molecule has 0 aromatic heterocycles. The number of hydrogen-bond donors (Lipinski definition) is 1. The molecule has 0 aromatic rings. The standard InChI is InChI=1S/C18H35N/c1-6-7-16-9-11-18(13-19-15(4)5)17(12-16)10-8-14(2)3/h15-19H,2,6-13H2,1,3-5H3. The second-order valence-electron chi connectivity index (χ2n) is 7.05. The number of allylic oxidation sites excluding steroid dienone is 1. The van der Waals surface area contributed by atoms with Crippen LogP contribution in [0.5, 0.6) is 0 Å². The van der Waals surface area contributed by atoms with Crippen LogP contribution in [0.2, 0.25) is 0 Å². The molecule has 1 aliphatic rings. The summed E-state index contributed by atoms with van der Waals surface area (Å²) in [5.74, 6) is 2.82. The fourth-order valence-electron chi connectivity index (χ4n) is 3.54. The van der Waals surface area contributed by atoms with Gasteiger partial charge in [0.15, 0.2) is 0 Å². The zero-order chi connectivity index (χ0) is 14.3. The molecule has 3 unspecified atom stereocenters. The Bertz CT molecular complexity index is 256. The third kappa shape index (κ3) is 6.61. The highest BCUT2D eigenvalue weighted by molar-refractivity contribution is 4.91. The van der Waals surface area contributed by atoms with Crippen LogP contribution in [0.3, 0.4) is 0 Å². The number of nitrogens with one attached hydrogen (secondary N) is 1. The van der Waals surface area contributed by atoms with E-state index in [2.05, 4.69) is 39.6 Å². The van der Waals surface area contributed by atoms with Crippen molar-refractivity contribution in [3.05, 3.63) is 12.2 Å². The molecule has 1 saturated carbocycles. The van der Waals surface area contributed by atoms with Crippen molar-refractivity contribution < 1.29 is 0 Å². The van der Waals surface area contributed by atoms with E-state index >= 15 is 0 Å². The summed E-state index contributed by atoms with van der Waals surface area (Å²) < 4.78 is 0. The lowest BCUT2D eigenvalue weighted by Gasteiger charge is -2.37. The summed E-state index contributed by atoms with van der Waals surface area (Å²) in [5.41, 5.74) is 1.35. The monoisotopic (exact) mass is 265 g/mol. The molecule has 0 amide bonds. The lowest BCUT2D eigenvalue weighted by molar-refractivity contribution is 0.158. The van der Waals surface area contributed by atoms with E-state index in [-0.39, 0.29) is 0 Å². The van der Waals surface area contributed by atoms with Crippen LogP contribution in [0.4, 0.5) is 0 Å². The molecule has 3 atom stereocenters. The molecule has 112 valence electrons. The van der Waals surface area contributed by atoms with E-state index in [1.165, 1.54) is 57.1 Å². The molecule has 0 heterocycles. The van der Waals surface area contributed by atoms with Gasteiger partial charge in [0.05, 0.1) is 0 Å². The van der Waals surface area contributed by atoms with Gasteiger partial charge in [-0.25, -0.2) is 0 Å². The molecule has 19 heavy (non-hydrogen) atoms. The minimum atomic E-state index is 0.621. The third-order valence-electron chi connectivity index (χ3n) is 4.68. The van der Waals surface area contributed by atoms with Crippen molar-refractivity contribution in [3.63, 3.8) is 0 Å². The molecule has 1 rings (SSSR count). The van der Waals surface area contributed by atoms with Crippen LogP contribution >= 0.6 is 0 Å². The van der Waals surface area contributed by atoms with Gasteiger partial charge >= 0.3 is 0 Å². The largest absolute Gasteiger partial charge is 0.314 e. The second-order valence-corrected chi connectivity index (χ2v) is 7.05. The molecule has 1 heteroatoms. The van der Waals surface area contributed by atoms with Gasteiger partial charge in [0.2, 0.25) is 0 Å². The van der Waals surface area contributed by atoms with Crippen molar-refractivity contribution in [2.75, 3.05) is 6.54 Å². The van der Waals surface area contributed by atoms with Crippen LogP contribution < -0.4 is 5.32 Å². The average molecular weight is 265 g/mol. The van der Waals surface area contributed by atoms with Gasteiger partial charge in [-0.05, 0) is 56.9 Å². The highest BCUT2D eigenvalue weighted by Gasteiger charge is 2.29. The van der Waals surface area contributed by atoms with E-state index < -0.39 is 0 Å². The highest BCUT2D eigenvalue weighted by atomic mass is 14.9. The summed E-state index contributed by atoms with van der Waals surface area (Å²) in [6.07, 6.45) is 9.74. The van der Waals surface area contributed by atoms with Crippen molar-refractivity contribution in [2.45, 2.75) is 78.7 Å². The number of rotatable bonds is 8. The molecule has 0 spiro atoms. The average Bonchev–Trinajstić information content (AvgIpc) is 2.35. The first-order valence-electron chi connectivity index (χ1n) is 8.40. The Hall–Kier alpha value is -0.300. The van der Waals surface area contributed by atoms with Gasteiger partial charge in [0.1, 0.15) is 0 Å². The van der Waals surface area contributed by atoms with Crippen LogP contribution in [0.1, 0.15) is 72.6 Å². The molecule has 1 aliphatic carbocycles. The molecule has 0 bridgehead atoms. The Morgan fingerprint density at radius 3 is 2.53 bits per heavy atom. The van der Waals surface area contributed by atoms with Crippen LogP contribution in [0, 0.1) is 17.8 Å². The maximum Gasteiger partial charge on any atom is 0.00104 e. The normalized spacial score (nSPS) is 27.7. The van der Waals surface area contributed by atoms with Crippen molar-refractivity contribution >= 4 is 0 Å². The molecule has 1 nitrogen and oxygen atoms in total. The van der Waals surface area contributed by atoms with Crippen molar-refractivity contribution in [1.29, 1.82) is 0 Å². The van der Waals surface area contributed by atoms with E-state index in [1.807, 2.05) is 0 Å². The summed E-state index contributed by atoms with van der Waals surface area (Å²) in [7, 11) is 0. The first kappa shape index (κ1) is 16.8. The van der Waals surface area contributed by atoms with Gasteiger partial charge in [0, 0.05) is 6.04 Å². The van der Waals surface area contributed by atoms with Gasteiger partial charge in [-0.1, -0.05) is 45.6 Å². The maximum absolute atomic E-state index is 4.08. The molecule has 0 aromatic carbocycles. The summed E-state index contributed by atoms with van der Waals surface area (Å²) in [5, 5.41) is 3.66. The Morgan fingerprint density at radius 2 is 1.95 bits per heavy atom. The van der Waals surface area contributed by atoms with Gasteiger partial charge in [-0.15, -0.1) is 6.58 Å².